The maximum absolute atomic E-state index is 10.4. The molecule has 0 bridgehead atoms. The Kier molecular flexibility index (Phi) is 26.3. The van der Waals surface area contributed by atoms with Crippen LogP contribution in [0.15, 0.2) is 122 Å². The number of fused-ring (bicyclic) bond motifs is 6. The summed E-state index contributed by atoms with van der Waals surface area (Å²) in [6.45, 7) is 27.9. The average Bonchev–Trinajstić information content (AvgIpc) is 1.58. The highest BCUT2D eigenvalue weighted by molar-refractivity contribution is 6.46. The van der Waals surface area contributed by atoms with Gasteiger partial charge in [0.1, 0.15) is 56.7 Å². The minimum Gasteiger partial charge on any atom is -0.390 e. The van der Waals surface area contributed by atoms with Gasteiger partial charge in [-0.05, 0) is 122 Å². The first-order valence-electron chi connectivity index (χ1n) is 42.8. The molecule has 36 heteroatoms. The van der Waals surface area contributed by atoms with Crippen molar-refractivity contribution in [2.75, 3.05) is 89.9 Å². The van der Waals surface area contributed by atoms with Crippen LogP contribution < -0.4 is 24.5 Å². The minimum atomic E-state index is -0.559. The second-order valence-corrected chi connectivity index (χ2v) is 39.0. The summed E-state index contributed by atoms with van der Waals surface area (Å²) >= 11 is 62.3. The molecule has 5 aromatic carbocycles. The second-order valence-electron chi connectivity index (χ2n) is 35.1. The van der Waals surface area contributed by atoms with Crippen molar-refractivity contribution >= 4 is 201 Å². The normalized spacial score (nSPS) is 18.6. The van der Waals surface area contributed by atoms with Gasteiger partial charge < -0.3 is 29.6 Å². The molecule has 5 aliphatic heterocycles. The Balaban J connectivity index is 0.000000112. The predicted octanol–water partition coefficient (Wildman–Crippen LogP) is 23.7. The largest absolute Gasteiger partial charge is 0.390 e. The summed E-state index contributed by atoms with van der Waals surface area (Å²) in [4.78, 5) is 57.7. The number of halogens is 10. The van der Waals surface area contributed by atoms with Crippen molar-refractivity contribution in [2.45, 2.75) is 132 Å². The SMILES string of the molecule is CC1(C)CCN(c2cnc3c(-c4cccc(Cl)c4Cl)[nH]nc3n2)CC1.CC1[C@H]2CN(c3cnc4c(-c5cccc(Cl)c5Cl)[nH]nc4n3)C[C@@H]12.CCC1(C)CCN(c2cnc3c(-c4cccc(Cl)c4Cl)[nH]nc3n2)CC1.CCC1(C)CCN(c2cnc3c(-c4cccc(Cl)c4Cl)[nH]nc3n2)CC1.CCC1(O)CCN(c2cnc3c(-c4cccc(Cl)c4Cl)[nH]nc3n2)CC1. The van der Waals surface area contributed by atoms with E-state index in [1.54, 1.807) is 36.5 Å². The molecule has 1 unspecified atom stereocenters. The average molecular weight is 1910 g/mol. The number of nitrogens with zero attached hydrogens (tertiary/aromatic N) is 20. The van der Waals surface area contributed by atoms with Crippen LogP contribution in [0.3, 0.4) is 0 Å². The third-order valence-electron chi connectivity index (χ3n) is 26.7. The van der Waals surface area contributed by atoms with Gasteiger partial charge in [-0.3, -0.25) is 25.5 Å². The van der Waals surface area contributed by atoms with E-state index in [4.69, 9.17) is 126 Å². The number of hydrogen-bond donors (Lipinski definition) is 6. The van der Waals surface area contributed by atoms with E-state index in [1.807, 2.05) is 92.4 Å². The van der Waals surface area contributed by atoms with Gasteiger partial charge in [-0.1, -0.05) is 245 Å². The van der Waals surface area contributed by atoms with Crippen LogP contribution in [0, 0.1) is 34.0 Å². The quantitative estimate of drug-likeness (QED) is 0.0625. The van der Waals surface area contributed by atoms with E-state index in [2.05, 4.69) is 164 Å². The Morgan fingerprint density at radius 2 is 0.551 bits per heavy atom. The first-order valence-corrected chi connectivity index (χ1v) is 46.6. The van der Waals surface area contributed by atoms with Gasteiger partial charge in [0, 0.05) is 93.3 Å². The smallest absolute Gasteiger partial charge is 0.202 e. The van der Waals surface area contributed by atoms with E-state index in [0.717, 1.165) is 195 Å². The molecular weight excluding hydrogens is 1810 g/mol. The number of H-pyrrole nitrogens is 5. The van der Waals surface area contributed by atoms with Crippen LogP contribution >= 0.6 is 116 Å². The first-order chi connectivity index (χ1) is 61.1. The highest BCUT2D eigenvalue weighted by Crippen LogP contribution is 2.52. The van der Waals surface area contributed by atoms with E-state index < -0.39 is 5.60 Å². The molecule has 21 rings (SSSR count). The molecule has 1 saturated carbocycles. The van der Waals surface area contributed by atoms with Crippen LogP contribution in [0.2, 0.25) is 50.2 Å². The third kappa shape index (κ3) is 18.8. The number of hydrogen-bond acceptors (Lipinski definition) is 21. The number of benzene rings is 5. The van der Waals surface area contributed by atoms with Gasteiger partial charge in [0.15, 0.2) is 0 Å². The monoisotopic (exact) mass is 1900 g/mol. The topological polar surface area (TPSA) is 309 Å². The molecule has 6 aliphatic rings. The fourth-order valence-corrected chi connectivity index (χ4v) is 19.2. The molecule has 1 aliphatic carbocycles. The molecule has 6 N–H and O–H groups in total. The Bertz CT molecular complexity index is 6140. The van der Waals surface area contributed by atoms with Crippen LogP contribution in [0.4, 0.5) is 29.1 Å². The molecule has 0 spiro atoms. The van der Waals surface area contributed by atoms with Crippen LogP contribution in [-0.2, 0) is 0 Å². The van der Waals surface area contributed by atoms with Crippen LogP contribution in [-0.4, -0.2) is 177 Å². The van der Waals surface area contributed by atoms with Crippen molar-refractivity contribution in [1.82, 2.24) is 101 Å². The fraction of sp³-hybridized carbons (Fsp3) is 0.396. The summed E-state index contributed by atoms with van der Waals surface area (Å²) in [5.74, 6) is 6.81. The summed E-state index contributed by atoms with van der Waals surface area (Å²) in [6.07, 6.45) is 20.7. The van der Waals surface area contributed by atoms with Crippen molar-refractivity contribution in [2.24, 2.45) is 34.0 Å². The summed E-state index contributed by atoms with van der Waals surface area (Å²) in [5.41, 5.74) is 14.6. The summed E-state index contributed by atoms with van der Waals surface area (Å²) in [6, 6.07) is 27.5. The van der Waals surface area contributed by atoms with Gasteiger partial charge in [0.25, 0.3) is 0 Å². The summed E-state index contributed by atoms with van der Waals surface area (Å²) in [5, 5.41) is 51.9. The molecule has 5 saturated heterocycles. The maximum atomic E-state index is 10.4. The van der Waals surface area contributed by atoms with Crippen LogP contribution in [0.25, 0.3) is 112 Å². The Hall–Kier alpha value is -9.29. The van der Waals surface area contributed by atoms with Crippen molar-refractivity contribution in [1.29, 1.82) is 0 Å². The van der Waals surface area contributed by atoms with E-state index >= 15 is 0 Å². The lowest BCUT2D eigenvalue weighted by atomic mass is 9.78. The predicted molar refractivity (Wildman–Crippen MR) is 516 cm³/mol. The molecular formula is C91H95Cl10N25O. The first kappa shape index (κ1) is 89.7. The number of nitrogens with one attached hydrogen (secondary N) is 5. The van der Waals surface area contributed by atoms with Crippen molar-refractivity contribution in [3.8, 4) is 56.3 Å². The highest BCUT2D eigenvalue weighted by Gasteiger charge is 2.53. The van der Waals surface area contributed by atoms with Gasteiger partial charge in [0.2, 0.25) is 28.2 Å². The molecule has 0 amide bonds. The van der Waals surface area contributed by atoms with Crippen molar-refractivity contribution in [3.63, 3.8) is 0 Å². The van der Waals surface area contributed by atoms with Gasteiger partial charge >= 0.3 is 0 Å². The molecule has 10 aromatic heterocycles. The van der Waals surface area contributed by atoms with Crippen molar-refractivity contribution in [3.05, 3.63) is 172 Å². The molecule has 15 aromatic rings. The molecule has 3 atom stereocenters. The van der Waals surface area contributed by atoms with Crippen molar-refractivity contribution < 1.29 is 5.11 Å². The Morgan fingerprint density at radius 3 is 0.787 bits per heavy atom. The van der Waals surface area contributed by atoms with Gasteiger partial charge in [0.05, 0.1) is 115 Å². The molecule has 26 nitrogen and oxygen atoms in total. The Labute approximate surface area is 784 Å². The standard InChI is InChI=1S/2C19H21Cl2N5.C18H19Cl2N5O.C18H19Cl2N5.C17H15Cl2N5/c2*1-3-19(2)7-9-26(10-8-19)14-11-22-17-16(24-25-18(17)23-14)12-5-4-6-13(20)15(12)21;1-2-18(26)6-8-25(9-7-18)13-10-21-16-15(23-24-17(16)22-13)11-4-3-5-12(19)14(11)20;1-18(2)6-8-25(9-7-18)13-10-21-16-15(23-24-17(16)22-13)11-4-3-5-12(19)14(11)20;1-8-10-6-24(7-11(8)10)13-5-20-16-15(22-23-17(16)21-13)9-3-2-4-12(18)14(9)19/h2*4-6,11H,3,7-10H2,1-2H3,(H,23,24,25);3-5,10,26H,2,6-9H2,1H3,(H,22,23,24);3-5,10H,6-9H2,1-2H3,(H,22,23,24);2-5,8,10-11H,6-7H2,1H3,(H,21,22,23)/t;;;;8?,10-,11+. The number of aromatic nitrogens is 20. The van der Waals surface area contributed by atoms with Gasteiger partial charge in [-0.25, -0.2) is 49.8 Å². The molecule has 15 heterocycles. The van der Waals surface area contributed by atoms with E-state index in [0.29, 0.717) is 128 Å². The molecule has 0 radical (unpaired) electrons. The number of aromatic amines is 5. The highest BCUT2D eigenvalue weighted by atomic mass is 35.5. The van der Waals surface area contributed by atoms with Gasteiger partial charge in [-0.2, -0.15) is 25.5 Å². The summed E-state index contributed by atoms with van der Waals surface area (Å²) < 4.78 is 0. The van der Waals surface area contributed by atoms with E-state index in [1.165, 1.54) is 38.5 Å². The zero-order valence-electron chi connectivity index (χ0n) is 71.3. The number of aliphatic hydroxyl groups is 1. The number of rotatable bonds is 13. The molecule has 6 fully saturated rings. The Morgan fingerprint density at radius 1 is 0.323 bits per heavy atom. The summed E-state index contributed by atoms with van der Waals surface area (Å²) in [7, 11) is 0. The number of anilines is 5. The lowest BCUT2D eigenvalue weighted by Gasteiger charge is -2.39. The van der Waals surface area contributed by atoms with E-state index in [9.17, 15) is 5.11 Å². The molecule has 660 valence electrons. The fourth-order valence-electron chi connectivity index (χ4n) is 17.2. The van der Waals surface area contributed by atoms with Gasteiger partial charge in [-0.15, -0.1) is 0 Å². The number of piperidine rings is 5. The maximum Gasteiger partial charge on any atom is 0.202 e. The second kappa shape index (κ2) is 37.3. The van der Waals surface area contributed by atoms with E-state index in [-0.39, 0.29) is 0 Å². The van der Waals surface area contributed by atoms with Crippen LogP contribution in [0.5, 0.6) is 0 Å². The third-order valence-corrected chi connectivity index (χ3v) is 30.8. The lowest BCUT2D eigenvalue weighted by molar-refractivity contribution is 0.0124. The van der Waals surface area contributed by atoms with Crippen LogP contribution in [0.1, 0.15) is 126 Å². The zero-order chi connectivity index (χ0) is 89.0. The minimum absolute atomic E-state index is 0.400. The zero-order valence-corrected chi connectivity index (χ0v) is 78.9. The molecule has 127 heavy (non-hydrogen) atoms. The lowest BCUT2D eigenvalue weighted by Crippen LogP contribution is -2.44.